The Labute approximate surface area is 108 Å². The van der Waals surface area contributed by atoms with Gasteiger partial charge < -0.3 is 4.98 Å². The Morgan fingerprint density at radius 3 is 2.53 bits per heavy atom. The summed E-state index contributed by atoms with van der Waals surface area (Å²) in [4.78, 5) is 14.7. The van der Waals surface area contributed by atoms with Crippen LogP contribution >= 0.6 is 22.6 Å². The van der Waals surface area contributed by atoms with Gasteiger partial charge in [0.1, 0.15) is 0 Å². The number of hydrogen-bond acceptors (Lipinski definition) is 1. The van der Waals surface area contributed by atoms with Gasteiger partial charge in [-0.1, -0.05) is 0 Å². The van der Waals surface area contributed by atoms with Gasteiger partial charge in [-0.15, -0.1) is 0 Å². The Bertz CT molecular complexity index is 645. The molecule has 0 saturated heterocycles. The maximum atomic E-state index is 12.5. The van der Waals surface area contributed by atoms with Crippen LogP contribution in [0, 0.1) is 10.5 Å². The molecule has 90 valence electrons. The zero-order valence-electron chi connectivity index (χ0n) is 8.65. The third-order valence-electron chi connectivity index (χ3n) is 2.44. The number of alkyl halides is 3. The molecular weight excluding hydrogens is 346 g/mol. The number of H-pyrrole nitrogens is 1. The smallest absolute Gasteiger partial charge is 0.358 e. The lowest BCUT2D eigenvalue weighted by Gasteiger charge is -2.08. The molecule has 1 aromatic carbocycles. The van der Waals surface area contributed by atoms with Crippen molar-refractivity contribution >= 4 is 33.5 Å². The lowest BCUT2D eigenvalue weighted by molar-refractivity contribution is -0.137. The van der Waals surface area contributed by atoms with Crippen molar-refractivity contribution < 1.29 is 13.2 Å². The fraction of sp³-hybridized carbons (Fsp3) is 0.182. The van der Waals surface area contributed by atoms with E-state index in [1.807, 2.05) is 22.6 Å². The zero-order valence-corrected chi connectivity index (χ0v) is 10.8. The van der Waals surface area contributed by atoms with E-state index in [-0.39, 0.29) is 10.8 Å². The Balaban J connectivity index is 2.83. The summed E-state index contributed by atoms with van der Waals surface area (Å²) in [6, 6.07) is 3.13. The highest BCUT2D eigenvalue weighted by Crippen LogP contribution is 2.30. The van der Waals surface area contributed by atoms with Gasteiger partial charge in [0, 0.05) is 16.6 Å². The first kappa shape index (κ1) is 12.4. The molecular formula is C11H7F3INO. The van der Waals surface area contributed by atoms with Gasteiger partial charge in [0.2, 0.25) is 5.43 Å². The molecule has 0 bridgehead atoms. The second kappa shape index (κ2) is 4.01. The third-order valence-corrected chi connectivity index (χ3v) is 3.74. The predicted molar refractivity (Wildman–Crippen MR) is 67.0 cm³/mol. The summed E-state index contributed by atoms with van der Waals surface area (Å²) in [5, 5.41) is 0.0647. The van der Waals surface area contributed by atoms with E-state index in [4.69, 9.17) is 0 Å². The molecule has 0 atom stereocenters. The lowest BCUT2D eigenvalue weighted by Crippen LogP contribution is -2.12. The molecule has 17 heavy (non-hydrogen) atoms. The molecule has 6 heteroatoms. The average molecular weight is 353 g/mol. The molecule has 0 fully saturated rings. The molecule has 1 aromatic heterocycles. The SMILES string of the molecule is Cc1[nH]c2ccc(C(F)(F)F)cc2c(=O)c1I. The van der Waals surface area contributed by atoms with E-state index in [1.54, 1.807) is 6.92 Å². The molecule has 0 aliphatic carbocycles. The van der Waals surface area contributed by atoms with Crippen LogP contribution < -0.4 is 5.43 Å². The monoisotopic (exact) mass is 353 g/mol. The highest BCUT2D eigenvalue weighted by Gasteiger charge is 2.30. The maximum Gasteiger partial charge on any atom is 0.416 e. The maximum absolute atomic E-state index is 12.5. The van der Waals surface area contributed by atoms with Crippen molar-refractivity contribution in [1.82, 2.24) is 4.98 Å². The number of hydrogen-bond donors (Lipinski definition) is 1. The van der Waals surface area contributed by atoms with Crippen LogP contribution in [-0.4, -0.2) is 4.98 Å². The van der Waals surface area contributed by atoms with Crippen LogP contribution in [0.2, 0.25) is 0 Å². The topological polar surface area (TPSA) is 32.9 Å². The molecule has 0 unspecified atom stereocenters. The second-order valence-electron chi connectivity index (χ2n) is 3.65. The molecule has 2 rings (SSSR count). The molecule has 2 aromatic rings. The van der Waals surface area contributed by atoms with E-state index < -0.39 is 11.7 Å². The van der Waals surface area contributed by atoms with Crippen molar-refractivity contribution in [2.24, 2.45) is 0 Å². The second-order valence-corrected chi connectivity index (χ2v) is 4.73. The van der Waals surface area contributed by atoms with Gasteiger partial charge in [0.05, 0.1) is 9.13 Å². The van der Waals surface area contributed by atoms with Crippen LogP contribution in [0.5, 0.6) is 0 Å². The molecule has 0 radical (unpaired) electrons. The Hall–Kier alpha value is -1.05. The number of aromatic amines is 1. The lowest BCUT2D eigenvalue weighted by atomic mass is 10.1. The van der Waals surface area contributed by atoms with E-state index >= 15 is 0 Å². The van der Waals surface area contributed by atoms with Crippen molar-refractivity contribution in [3.05, 3.63) is 43.2 Å². The summed E-state index contributed by atoms with van der Waals surface area (Å²) in [7, 11) is 0. The summed E-state index contributed by atoms with van der Waals surface area (Å²) in [6.07, 6.45) is -4.43. The minimum Gasteiger partial charge on any atom is -0.358 e. The average Bonchev–Trinajstić information content (AvgIpc) is 2.24. The van der Waals surface area contributed by atoms with Gasteiger partial charge in [-0.3, -0.25) is 4.79 Å². The number of benzene rings is 1. The van der Waals surface area contributed by atoms with Crippen molar-refractivity contribution in [3.63, 3.8) is 0 Å². The van der Waals surface area contributed by atoms with Crippen molar-refractivity contribution in [1.29, 1.82) is 0 Å². The number of pyridine rings is 1. The minimum absolute atomic E-state index is 0.0647. The summed E-state index contributed by atoms with van der Waals surface area (Å²) < 4.78 is 38.0. The standard InChI is InChI=1S/C11H7F3INO/c1-5-9(15)10(17)7-4-6(11(12,13)14)2-3-8(7)16-5/h2-4H,1H3,(H,16,17). The largest absolute Gasteiger partial charge is 0.416 e. The fourth-order valence-electron chi connectivity index (χ4n) is 1.56. The van der Waals surface area contributed by atoms with Crippen LogP contribution in [-0.2, 0) is 6.18 Å². The first-order valence-electron chi connectivity index (χ1n) is 4.70. The number of rotatable bonds is 0. The molecule has 1 heterocycles. The normalized spacial score (nSPS) is 12.1. The predicted octanol–water partition coefficient (Wildman–Crippen LogP) is 3.46. The summed E-state index contributed by atoms with van der Waals surface area (Å²) in [5.41, 5.74) is -0.109. The Morgan fingerprint density at radius 1 is 1.29 bits per heavy atom. The quantitative estimate of drug-likeness (QED) is 0.723. The third kappa shape index (κ3) is 2.18. The van der Waals surface area contributed by atoms with Crippen LogP contribution in [0.15, 0.2) is 23.0 Å². The molecule has 0 aliphatic heterocycles. The minimum atomic E-state index is -4.43. The number of nitrogens with one attached hydrogen (secondary N) is 1. The van der Waals surface area contributed by atoms with E-state index in [0.717, 1.165) is 12.1 Å². The van der Waals surface area contributed by atoms with Crippen LogP contribution in [0.25, 0.3) is 10.9 Å². The van der Waals surface area contributed by atoms with E-state index in [1.165, 1.54) is 6.07 Å². The van der Waals surface area contributed by atoms with Crippen molar-refractivity contribution in [2.75, 3.05) is 0 Å². The first-order chi connectivity index (χ1) is 7.80. The summed E-state index contributed by atoms with van der Waals surface area (Å²) in [5.74, 6) is 0. The first-order valence-corrected chi connectivity index (χ1v) is 5.78. The summed E-state index contributed by atoms with van der Waals surface area (Å²) >= 11 is 1.82. The van der Waals surface area contributed by atoms with E-state index in [2.05, 4.69) is 4.98 Å². The van der Waals surface area contributed by atoms with Gasteiger partial charge in [-0.25, -0.2) is 0 Å². The Kier molecular flexibility index (Phi) is 2.92. The number of fused-ring (bicyclic) bond motifs is 1. The number of aryl methyl sites for hydroxylation is 1. The summed E-state index contributed by atoms with van der Waals surface area (Å²) in [6.45, 7) is 1.71. The van der Waals surface area contributed by atoms with E-state index in [9.17, 15) is 18.0 Å². The molecule has 2 nitrogen and oxygen atoms in total. The van der Waals surface area contributed by atoms with Gasteiger partial charge in [0.15, 0.2) is 0 Å². The number of aromatic nitrogens is 1. The molecule has 1 N–H and O–H groups in total. The van der Waals surface area contributed by atoms with E-state index in [0.29, 0.717) is 14.8 Å². The van der Waals surface area contributed by atoms with Crippen LogP contribution in [0.3, 0.4) is 0 Å². The van der Waals surface area contributed by atoms with Crippen LogP contribution in [0.4, 0.5) is 13.2 Å². The number of halogens is 4. The van der Waals surface area contributed by atoms with Crippen molar-refractivity contribution in [2.45, 2.75) is 13.1 Å². The van der Waals surface area contributed by atoms with Crippen LogP contribution in [0.1, 0.15) is 11.3 Å². The highest BCUT2D eigenvalue weighted by molar-refractivity contribution is 14.1. The molecule has 0 aliphatic rings. The fourth-order valence-corrected chi connectivity index (χ4v) is 1.99. The molecule has 0 amide bonds. The van der Waals surface area contributed by atoms with Gasteiger partial charge in [0.25, 0.3) is 0 Å². The van der Waals surface area contributed by atoms with Gasteiger partial charge in [-0.2, -0.15) is 13.2 Å². The van der Waals surface area contributed by atoms with Gasteiger partial charge >= 0.3 is 6.18 Å². The Morgan fingerprint density at radius 2 is 1.94 bits per heavy atom. The highest BCUT2D eigenvalue weighted by atomic mass is 127. The molecule has 0 spiro atoms. The zero-order chi connectivity index (χ0) is 12.8. The van der Waals surface area contributed by atoms with Crippen molar-refractivity contribution in [3.8, 4) is 0 Å². The molecule has 0 saturated carbocycles. The van der Waals surface area contributed by atoms with Gasteiger partial charge in [-0.05, 0) is 47.7 Å².